The molecule has 27 heavy (non-hydrogen) atoms. The van der Waals surface area contributed by atoms with E-state index in [2.05, 4.69) is 0 Å². The van der Waals surface area contributed by atoms with Crippen LogP contribution in [-0.2, 0) is 29.8 Å². The van der Waals surface area contributed by atoms with Gasteiger partial charge in [-0.25, -0.2) is 8.42 Å². The van der Waals surface area contributed by atoms with Gasteiger partial charge in [0.1, 0.15) is 12.4 Å². The summed E-state index contributed by atoms with van der Waals surface area (Å²) >= 11 is 0. The largest absolute Gasteiger partial charge is 0.491 e. The maximum absolute atomic E-state index is 12.7. The van der Waals surface area contributed by atoms with Crippen molar-refractivity contribution >= 4 is 17.4 Å². The number of hydrogen-bond acceptors (Lipinski definition) is 6. The summed E-state index contributed by atoms with van der Waals surface area (Å²) in [6.45, 7) is 2.58. The van der Waals surface area contributed by atoms with Crippen molar-refractivity contribution in [2.24, 2.45) is 0 Å². The van der Waals surface area contributed by atoms with E-state index in [4.69, 9.17) is 14.0 Å². The lowest BCUT2D eigenvalue weighted by molar-refractivity contribution is 0.146. The van der Waals surface area contributed by atoms with Crippen molar-refractivity contribution in [3.8, 4) is 5.75 Å². The molecule has 0 heterocycles. The van der Waals surface area contributed by atoms with Crippen molar-refractivity contribution < 1.29 is 31.9 Å². The average molecular weight is 414 g/mol. The van der Waals surface area contributed by atoms with E-state index in [0.29, 0.717) is 24.5 Å². The summed E-state index contributed by atoms with van der Waals surface area (Å²) in [6, 6.07) is 12.0. The van der Waals surface area contributed by atoms with Crippen LogP contribution in [0.15, 0.2) is 58.3 Å². The van der Waals surface area contributed by atoms with E-state index in [-0.39, 0.29) is 22.6 Å². The molecule has 0 fully saturated rings. The molecule has 2 rings (SSSR count). The molecule has 2 aromatic carbocycles. The first-order chi connectivity index (χ1) is 12.8. The topological polar surface area (TPSA) is 99.1 Å². The van der Waals surface area contributed by atoms with Gasteiger partial charge in [0, 0.05) is 7.11 Å². The van der Waals surface area contributed by atoms with E-state index in [0.717, 1.165) is 0 Å². The zero-order valence-corrected chi connectivity index (χ0v) is 16.9. The minimum absolute atomic E-state index is 0.100. The lowest BCUT2D eigenvalue weighted by Gasteiger charge is -2.11. The second-order valence-electron chi connectivity index (χ2n) is 5.67. The fourth-order valence-electron chi connectivity index (χ4n) is 2.35. The molecule has 0 aromatic heterocycles. The van der Waals surface area contributed by atoms with Crippen LogP contribution in [0.4, 0.5) is 0 Å². The fraction of sp³-hybridized carbons (Fsp3) is 0.333. The van der Waals surface area contributed by atoms with Crippen molar-refractivity contribution in [1.82, 2.24) is 0 Å². The lowest BCUT2D eigenvalue weighted by Crippen LogP contribution is -2.05. The van der Waals surface area contributed by atoms with Crippen LogP contribution in [-0.4, -0.2) is 40.2 Å². The SMILES string of the molecule is CCOP(=O)(O)Cc1ccc(S(=O)(=O)c2ccc(OCCOC)cc2)cc1. The quantitative estimate of drug-likeness (QED) is 0.470. The molecule has 1 atom stereocenters. The highest BCUT2D eigenvalue weighted by atomic mass is 32.2. The molecule has 1 N–H and O–H groups in total. The molecule has 0 aliphatic rings. The first-order valence-electron chi connectivity index (χ1n) is 8.30. The third kappa shape index (κ3) is 6.16. The Morgan fingerprint density at radius 3 is 2.04 bits per heavy atom. The fourth-order valence-corrected chi connectivity index (χ4v) is 4.77. The van der Waals surface area contributed by atoms with E-state index in [9.17, 15) is 17.9 Å². The Hall–Kier alpha value is -1.70. The summed E-state index contributed by atoms with van der Waals surface area (Å²) in [5, 5.41) is 0. The van der Waals surface area contributed by atoms with Crippen LogP contribution in [0.1, 0.15) is 12.5 Å². The van der Waals surface area contributed by atoms with Gasteiger partial charge in [0.2, 0.25) is 9.84 Å². The van der Waals surface area contributed by atoms with Crippen LogP contribution < -0.4 is 4.74 Å². The number of rotatable bonds is 10. The predicted molar refractivity (Wildman–Crippen MR) is 101 cm³/mol. The predicted octanol–water partition coefficient (Wildman–Crippen LogP) is 3.27. The maximum atomic E-state index is 12.7. The Morgan fingerprint density at radius 2 is 1.52 bits per heavy atom. The molecular formula is C18H23O7PS. The summed E-state index contributed by atoms with van der Waals surface area (Å²) in [6.07, 6.45) is -0.172. The normalized spacial score (nSPS) is 13.9. The number of methoxy groups -OCH3 is 1. The highest BCUT2D eigenvalue weighted by molar-refractivity contribution is 7.91. The van der Waals surface area contributed by atoms with Crippen LogP contribution in [0, 0.1) is 0 Å². The number of benzene rings is 2. The Bertz CT molecular complexity index is 877. The third-order valence-corrected chi connectivity index (χ3v) is 6.85. The summed E-state index contributed by atoms with van der Waals surface area (Å²) in [7, 11) is -5.84. The molecule has 9 heteroatoms. The van der Waals surface area contributed by atoms with Gasteiger partial charge in [-0.1, -0.05) is 12.1 Å². The molecule has 148 valence electrons. The van der Waals surface area contributed by atoms with Gasteiger partial charge in [0.25, 0.3) is 0 Å². The lowest BCUT2D eigenvalue weighted by atomic mass is 10.2. The van der Waals surface area contributed by atoms with Crippen molar-refractivity contribution in [3.05, 3.63) is 54.1 Å². The monoisotopic (exact) mass is 414 g/mol. The zero-order chi connectivity index (χ0) is 19.9. The van der Waals surface area contributed by atoms with Crippen LogP contribution >= 0.6 is 7.60 Å². The van der Waals surface area contributed by atoms with Crippen molar-refractivity contribution in [3.63, 3.8) is 0 Å². The standard InChI is InChI=1S/C18H23O7PS/c1-3-25-26(19,20)14-15-4-8-17(9-5-15)27(21,22)18-10-6-16(7-11-18)24-13-12-23-2/h4-11H,3,12-14H2,1-2H3,(H,19,20). The molecule has 0 radical (unpaired) electrons. The molecule has 0 saturated carbocycles. The molecule has 0 saturated heterocycles. The molecule has 2 aromatic rings. The van der Waals surface area contributed by atoms with Gasteiger partial charge in [0.05, 0.1) is 29.2 Å². The number of ether oxygens (including phenoxy) is 2. The van der Waals surface area contributed by atoms with E-state index < -0.39 is 17.4 Å². The Morgan fingerprint density at radius 1 is 0.963 bits per heavy atom. The molecular weight excluding hydrogens is 391 g/mol. The van der Waals surface area contributed by atoms with Gasteiger partial charge in [0.15, 0.2) is 0 Å². The van der Waals surface area contributed by atoms with Crippen LogP contribution in [0.5, 0.6) is 5.75 Å². The van der Waals surface area contributed by atoms with Crippen LogP contribution in [0.25, 0.3) is 0 Å². The Kier molecular flexibility index (Phi) is 7.59. The summed E-state index contributed by atoms with van der Waals surface area (Å²) < 4.78 is 52.4. The summed E-state index contributed by atoms with van der Waals surface area (Å²) in [4.78, 5) is 9.91. The van der Waals surface area contributed by atoms with Gasteiger partial charge in [-0.05, 0) is 48.9 Å². The Labute approximate surface area is 159 Å². The smallest absolute Gasteiger partial charge is 0.332 e. The van der Waals surface area contributed by atoms with Gasteiger partial charge < -0.3 is 18.9 Å². The van der Waals surface area contributed by atoms with E-state index in [1.54, 1.807) is 26.2 Å². The molecule has 1 unspecified atom stereocenters. The first-order valence-corrected chi connectivity index (χ1v) is 11.6. The summed E-state index contributed by atoms with van der Waals surface area (Å²) in [5.74, 6) is 0.552. The molecule has 0 aliphatic heterocycles. The minimum Gasteiger partial charge on any atom is -0.491 e. The highest BCUT2D eigenvalue weighted by Crippen LogP contribution is 2.45. The zero-order valence-electron chi connectivity index (χ0n) is 15.2. The van der Waals surface area contributed by atoms with Gasteiger partial charge in [-0.3, -0.25) is 4.57 Å². The molecule has 0 spiro atoms. The van der Waals surface area contributed by atoms with Crippen LogP contribution in [0.2, 0.25) is 0 Å². The number of hydrogen-bond donors (Lipinski definition) is 1. The highest BCUT2D eigenvalue weighted by Gasteiger charge is 2.21. The third-order valence-electron chi connectivity index (χ3n) is 3.64. The molecule has 0 bridgehead atoms. The second-order valence-corrected chi connectivity index (χ2v) is 9.47. The minimum atomic E-state index is -3.72. The Balaban J connectivity index is 2.13. The van der Waals surface area contributed by atoms with Crippen molar-refractivity contribution in [1.29, 1.82) is 0 Å². The average Bonchev–Trinajstić information content (AvgIpc) is 2.62. The maximum Gasteiger partial charge on any atom is 0.332 e. The van der Waals surface area contributed by atoms with E-state index >= 15 is 0 Å². The number of sulfone groups is 1. The van der Waals surface area contributed by atoms with Gasteiger partial charge in [-0.2, -0.15) is 0 Å². The van der Waals surface area contributed by atoms with Crippen molar-refractivity contribution in [2.45, 2.75) is 22.9 Å². The molecule has 7 nitrogen and oxygen atoms in total. The summed E-state index contributed by atoms with van der Waals surface area (Å²) in [5.41, 5.74) is 0.523. The first kappa shape index (κ1) is 21.6. The second kappa shape index (κ2) is 9.48. The molecule has 0 amide bonds. The molecule has 0 aliphatic carbocycles. The van der Waals surface area contributed by atoms with E-state index in [1.165, 1.54) is 36.4 Å². The van der Waals surface area contributed by atoms with Gasteiger partial charge in [-0.15, -0.1) is 0 Å². The van der Waals surface area contributed by atoms with E-state index in [1.807, 2.05) is 0 Å². The van der Waals surface area contributed by atoms with Gasteiger partial charge >= 0.3 is 7.60 Å². The van der Waals surface area contributed by atoms with Crippen molar-refractivity contribution in [2.75, 3.05) is 26.9 Å². The van der Waals surface area contributed by atoms with Crippen LogP contribution in [0.3, 0.4) is 0 Å².